The quantitative estimate of drug-likeness (QED) is 0.264. The summed E-state index contributed by atoms with van der Waals surface area (Å²) in [6.45, 7) is 6.32. The summed E-state index contributed by atoms with van der Waals surface area (Å²) in [6, 6.07) is 27.5. The third kappa shape index (κ3) is 5.52. The Morgan fingerprint density at radius 1 is 0.829 bits per heavy atom. The number of ether oxygens (including phenoxy) is 1. The number of anilines is 1. The van der Waals surface area contributed by atoms with Gasteiger partial charge in [0, 0.05) is 10.9 Å². The molecule has 1 N–H and O–H groups in total. The molecule has 4 nitrogen and oxygen atoms in total. The van der Waals surface area contributed by atoms with E-state index in [2.05, 4.69) is 31.3 Å². The van der Waals surface area contributed by atoms with Gasteiger partial charge in [0.15, 0.2) is 0 Å². The van der Waals surface area contributed by atoms with Crippen molar-refractivity contribution in [3.63, 3.8) is 0 Å². The molecule has 0 saturated carbocycles. The van der Waals surface area contributed by atoms with E-state index in [-0.39, 0.29) is 12.5 Å². The van der Waals surface area contributed by atoms with Gasteiger partial charge in [-0.3, -0.25) is 4.79 Å². The lowest BCUT2D eigenvalue weighted by Crippen LogP contribution is -2.23. The minimum Gasteiger partial charge on any atom is -0.462 e. The van der Waals surface area contributed by atoms with Crippen LogP contribution in [0, 0.1) is 0 Å². The van der Waals surface area contributed by atoms with Crippen LogP contribution in [-0.4, -0.2) is 18.5 Å². The fraction of sp³-hybridized carbons (Fsp3) is 0.200. The van der Waals surface area contributed by atoms with Crippen molar-refractivity contribution >= 4 is 28.2 Å². The monoisotopic (exact) mass is 483 g/mol. The van der Waals surface area contributed by atoms with Crippen molar-refractivity contribution in [1.82, 2.24) is 0 Å². The molecule has 1 aromatic heterocycles. The summed E-state index contributed by atoms with van der Waals surface area (Å²) in [6.07, 6.45) is 0. The molecule has 1 amide bonds. The van der Waals surface area contributed by atoms with E-state index in [1.165, 1.54) is 16.9 Å². The zero-order chi connectivity index (χ0) is 24.8. The maximum Gasteiger partial charge on any atom is 0.341 e. The standard InChI is InChI=1S/C30H29NO3S/c1-4-34-30(33)27-25(22-17-15-21(16-18-22)20(2)3)19-35-29(27)31-28(32)26(23-11-7-5-8-12-23)24-13-9-6-10-14-24/h5-20,26H,4H2,1-3H3,(H,31,32). The van der Waals surface area contributed by atoms with E-state index in [0.29, 0.717) is 16.5 Å². The molecule has 0 spiro atoms. The molecule has 0 fully saturated rings. The van der Waals surface area contributed by atoms with Gasteiger partial charge in [0.25, 0.3) is 0 Å². The molecule has 0 saturated heterocycles. The lowest BCUT2D eigenvalue weighted by molar-refractivity contribution is -0.116. The Bertz CT molecular complexity index is 1240. The summed E-state index contributed by atoms with van der Waals surface area (Å²) in [5.74, 6) is -0.735. The minimum absolute atomic E-state index is 0.198. The van der Waals surface area contributed by atoms with Crippen molar-refractivity contribution in [2.75, 3.05) is 11.9 Å². The lowest BCUT2D eigenvalue weighted by Gasteiger charge is -2.18. The Labute approximate surface area is 210 Å². The summed E-state index contributed by atoms with van der Waals surface area (Å²) in [7, 11) is 0. The number of hydrogen-bond acceptors (Lipinski definition) is 4. The molecule has 0 aliphatic heterocycles. The summed E-state index contributed by atoms with van der Waals surface area (Å²) in [5, 5.41) is 5.45. The number of carbonyl (C=O) groups excluding carboxylic acids is 2. The zero-order valence-corrected chi connectivity index (χ0v) is 21.0. The van der Waals surface area contributed by atoms with Crippen LogP contribution in [0.2, 0.25) is 0 Å². The van der Waals surface area contributed by atoms with Gasteiger partial charge >= 0.3 is 5.97 Å². The van der Waals surface area contributed by atoms with E-state index in [0.717, 1.165) is 22.3 Å². The van der Waals surface area contributed by atoms with Crippen LogP contribution in [0.3, 0.4) is 0 Å². The predicted octanol–water partition coefficient (Wildman–Crippen LogP) is 7.49. The molecule has 3 aromatic carbocycles. The maximum atomic E-state index is 13.7. The van der Waals surface area contributed by atoms with Gasteiger partial charge in [-0.2, -0.15) is 0 Å². The predicted molar refractivity (Wildman–Crippen MR) is 143 cm³/mol. The highest BCUT2D eigenvalue weighted by Gasteiger charge is 2.27. The summed E-state index contributed by atoms with van der Waals surface area (Å²) in [5.41, 5.74) is 5.06. The Kier molecular flexibility index (Phi) is 7.78. The third-order valence-electron chi connectivity index (χ3n) is 5.92. The number of carbonyl (C=O) groups is 2. The van der Waals surface area contributed by atoms with Crippen LogP contribution in [0.15, 0.2) is 90.3 Å². The van der Waals surface area contributed by atoms with Crippen LogP contribution >= 0.6 is 11.3 Å². The fourth-order valence-electron chi connectivity index (χ4n) is 4.09. The topological polar surface area (TPSA) is 55.4 Å². The Hall–Kier alpha value is -3.70. The van der Waals surface area contributed by atoms with Crippen LogP contribution in [0.25, 0.3) is 11.1 Å². The largest absolute Gasteiger partial charge is 0.462 e. The molecule has 5 heteroatoms. The molecule has 4 rings (SSSR count). The van der Waals surface area contributed by atoms with Gasteiger partial charge in [-0.25, -0.2) is 4.79 Å². The second-order valence-corrected chi connectivity index (χ2v) is 9.47. The smallest absolute Gasteiger partial charge is 0.341 e. The average Bonchev–Trinajstić information content (AvgIpc) is 3.29. The molecule has 0 bridgehead atoms. The number of esters is 1. The number of thiophene rings is 1. The molecule has 0 atom stereocenters. The van der Waals surface area contributed by atoms with Crippen molar-refractivity contribution in [2.24, 2.45) is 0 Å². The van der Waals surface area contributed by atoms with Crippen molar-refractivity contribution in [1.29, 1.82) is 0 Å². The summed E-state index contributed by atoms with van der Waals surface area (Å²) < 4.78 is 5.38. The molecule has 0 aliphatic rings. The first-order valence-electron chi connectivity index (χ1n) is 11.8. The fourth-order valence-corrected chi connectivity index (χ4v) is 5.05. The van der Waals surface area contributed by atoms with Crippen LogP contribution in [0.5, 0.6) is 0 Å². The molecule has 0 radical (unpaired) electrons. The van der Waals surface area contributed by atoms with E-state index < -0.39 is 11.9 Å². The van der Waals surface area contributed by atoms with E-state index in [1.54, 1.807) is 6.92 Å². The number of hydrogen-bond donors (Lipinski definition) is 1. The van der Waals surface area contributed by atoms with E-state index in [1.807, 2.05) is 78.2 Å². The first-order chi connectivity index (χ1) is 17.0. The SMILES string of the molecule is CCOC(=O)c1c(-c2ccc(C(C)C)cc2)csc1NC(=O)C(c1ccccc1)c1ccccc1. The number of nitrogens with one attached hydrogen (secondary N) is 1. The van der Waals surface area contributed by atoms with Crippen molar-refractivity contribution in [2.45, 2.75) is 32.6 Å². The van der Waals surface area contributed by atoms with E-state index in [4.69, 9.17) is 4.74 Å². The van der Waals surface area contributed by atoms with E-state index >= 15 is 0 Å². The molecule has 0 unspecified atom stereocenters. The summed E-state index contributed by atoms with van der Waals surface area (Å²) >= 11 is 1.34. The minimum atomic E-state index is -0.511. The van der Waals surface area contributed by atoms with Crippen molar-refractivity contribution in [3.8, 4) is 11.1 Å². The molecule has 1 heterocycles. The average molecular weight is 484 g/mol. The van der Waals surface area contributed by atoms with Crippen molar-refractivity contribution in [3.05, 3.63) is 113 Å². The zero-order valence-electron chi connectivity index (χ0n) is 20.2. The first kappa shape index (κ1) is 24.4. The first-order valence-corrected chi connectivity index (χ1v) is 12.7. The van der Waals surface area contributed by atoms with Crippen LogP contribution in [0.4, 0.5) is 5.00 Å². The van der Waals surface area contributed by atoms with Crippen LogP contribution in [-0.2, 0) is 9.53 Å². The molecule has 0 aliphatic carbocycles. The van der Waals surface area contributed by atoms with Gasteiger partial charge in [-0.05, 0) is 35.1 Å². The molecular weight excluding hydrogens is 454 g/mol. The third-order valence-corrected chi connectivity index (χ3v) is 6.82. The van der Waals surface area contributed by atoms with Crippen LogP contribution < -0.4 is 5.32 Å². The molecular formula is C30H29NO3S. The normalized spacial score (nSPS) is 11.0. The Morgan fingerprint density at radius 2 is 1.40 bits per heavy atom. The van der Waals surface area contributed by atoms with Gasteiger partial charge < -0.3 is 10.1 Å². The molecule has 35 heavy (non-hydrogen) atoms. The molecule has 178 valence electrons. The van der Waals surface area contributed by atoms with Gasteiger partial charge in [0.05, 0.1) is 12.5 Å². The second kappa shape index (κ2) is 11.2. The summed E-state index contributed by atoms with van der Waals surface area (Å²) in [4.78, 5) is 26.7. The number of rotatable bonds is 8. The van der Waals surface area contributed by atoms with Gasteiger partial charge in [-0.15, -0.1) is 11.3 Å². The maximum absolute atomic E-state index is 13.7. The van der Waals surface area contributed by atoms with Gasteiger partial charge in [0.1, 0.15) is 10.6 Å². The Balaban J connectivity index is 1.72. The molecule has 4 aromatic rings. The highest BCUT2D eigenvalue weighted by Crippen LogP contribution is 2.38. The second-order valence-electron chi connectivity index (χ2n) is 8.59. The number of benzene rings is 3. The Morgan fingerprint density at radius 3 is 1.91 bits per heavy atom. The van der Waals surface area contributed by atoms with Gasteiger partial charge in [0.2, 0.25) is 5.91 Å². The highest BCUT2D eigenvalue weighted by molar-refractivity contribution is 7.15. The van der Waals surface area contributed by atoms with Gasteiger partial charge in [-0.1, -0.05) is 98.8 Å². The lowest BCUT2D eigenvalue weighted by atomic mass is 9.90. The highest BCUT2D eigenvalue weighted by atomic mass is 32.1. The number of amides is 1. The van der Waals surface area contributed by atoms with E-state index in [9.17, 15) is 9.59 Å². The van der Waals surface area contributed by atoms with Crippen LogP contribution in [0.1, 0.15) is 59.7 Å². The van der Waals surface area contributed by atoms with Crippen molar-refractivity contribution < 1.29 is 14.3 Å².